The summed E-state index contributed by atoms with van der Waals surface area (Å²) in [5, 5.41) is 6.49. The summed E-state index contributed by atoms with van der Waals surface area (Å²) in [5.41, 5.74) is 7.05. The van der Waals surface area contributed by atoms with E-state index in [2.05, 4.69) is 27.5 Å². The summed E-state index contributed by atoms with van der Waals surface area (Å²) in [4.78, 5) is 14.0. The monoisotopic (exact) mass is 471 g/mol. The molecule has 4 N–H and O–H groups in total. The van der Waals surface area contributed by atoms with Crippen LogP contribution in [0.2, 0.25) is 0 Å². The third-order valence-corrected chi connectivity index (χ3v) is 7.16. The van der Waals surface area contributed by atoms with Gasteiger partial charge in [0.05, 0.1) is 11.9 Å². The van der Waals surface area contributed by atoms with E-state index in [1.807, 2.05) is 4.57 Å². The second-order valence-corrected chi connectivity index (χ2v) is 9.64. The molecule has 1 saturated carbocycles. The molecule has 34 heavy (non-hydrogen) atoms. The zero-order chi connectivity index (χ0) is 23.7. The molecule has 1 saturated heterocycles. The van der Waals surface area contributed by atoms with E-state index < -0.39 is 11.6 Å². The third kappa shape index (κ3) is 4.56. The predicted octanol–water partition coefficient (Wildman–Crippen LogP) is 4.52. The molecule has 2 fully saturated rings. The van der Waals surface area contributed by atoms with Gasteiger partial charge in [0.25, 0.3) is 0 Å². The van der Waals surface area contributed by atoms with Crippen molar-refractivity contribution in [2.75, 3.05) is 30.4 Å². The highest BCUT2D eigenvalue weighted by Gasteiger charge is 2.30. The van der Waals surface area contributed by atoms with Crippen LogP contribution >= 0.6 is 0 Å². The number of ether oxygens (including phenoxy) is 1. The van der Waals surface area contributed by atoms with Crippen LogP contribution in [0.1, 0.15) is 51.5 Å². The van der Waals surface area contributed by atoms with Gasteiger partial charge in [0, 0.05) is 24.8 Å². The van der Waals surface area contributed by atoms with Crippen LogP contribution in [0.25, 0.3) is 11.2 Å². The lowest BCUT2D eigenvalue weighted by molar-refractivity contribution is 0.0656. The fraction of sp³-hybridized carbons (Fsp3) is 0.542. The second kappa shape index (κ2) is 9.42. The average molecular weight is 472 g/mol. The highest BCUT2D eigenvalue weighted by Crippen LogP contribution is 2.37. The van der Waals surface area contributed by atoms with Crippen molar-refractivity contribution in [2.24, 2.45) is 11.7 Å². The molecule has 182 valence electrons. The summed E-state index contributed by atoms with van der Waals surface area (Å²) in [7, 11) is 0. The van der Waals surface area contributed by atoms with E-state index >= 15 is 0 Å². The molecule has 0 unspecified atom stereocenters. The maximum absolute atomic E-state index is 14.4. The van der Waals surface area contributed by atoms with Crippen molar-refractivity contribution in [2.45, 2.75) is 57.0 Å². The molecule has 5 rings (SSSR count). The van der Waals surface area contributed by atoms with Crippen LogP contribution in [0.15, 0.2) is 24.4 Å². The molecular weight excluding hydrogens is 440 g/mol. The summed E-state index contributed by atoms with van der Waals surface area (Å²) in [6, 6.07) is 4.18. The lowest BCUT2D eigenvalue weighted by atomic mass is 9.86. The van der Waals surface area contributed by atoms with Crippen LogP contribution in [0.4, 0.5) is 26.4 Å². The van der Waals surface area contributed by atoms with E-state index in [4.69, 9.17) is 15.5 Å². The smallest absolute Gasteiger partial charge is 0.225 e. The number of nitrogens with one attached hydrogen (secondary N) is 2. The van der Waals surface area contributed by atoms with Gasteiger partial charge in [0.15, 0.2) is 17.3 Å². The molecule has 3 aromatic rings. The van der Waals surface area contributed by atoms with Crippen LogP contribution in [0, 0.1) is 17.6 Å². The summed E-state index contributed by atoms with van der Waals surface area (Å²) < 4.78 is 35.8. The molecule has 0 atom stereocenters. The number of imidazole rings is 1. The van der Waals surface area contributed by atoms with Crippen molar-refractivity contribution in [3.8, 4) is 0 Å². The Morgan fingerprint density at radius 2 is 1.91 bits per heavy atom. The van der Waals surface area contributed by atoms with Gasteiger partial charge in [0.2, 0.25) is 11.9 Å². The van der Waals surface area contributed by atoms with Crippen molar-refractivity contribution < 1.29 is 13.5 Å². The van der Waals surface area contributed by atoms with E-state index in [9.17, 15) is 8.78 Å². The Morgan fingerprint density at radius 3 is 2.65 bits per heavy atom. The molecule has 1 aliphatic heterocycles. The van der Waals surface area contributed by atoms with Gasteiger partial charge in [-0.15, -0.1) is 0 Å². The number of rotatable bonds is 6. The number of anilines is 3. The fourth-order valence-electron chi connectivity index (χ4n) is 4.96. The first-order chi connectivity index (χ1) is 16.5. The maximum Gasteiger partial charge on any atom is 0.225 e. The molecule has 0 amide bonds. The number of nitrogens with two attached hydrogens (primary N) is 1. The van der Waals surface area contributed by atoms with Gasteiger partial charge in [-0.3, -0.25) is 4.57 Å². The first-order valence-corrected chi connectivity index (χ1v) is 12.0. The molecule has 0 radical (unpaired) electrons. The first kappa shape index (κ1) is 22.9. The SMILES string of the molecule is CC1(Nc2ncc3nc(Nc4cccc(F)c4F)n([C@H]4CC[C@@H](CN)CC4)c3n2)CCOCC1. The van der Waals surface area contributed by atoms with Crippen LogP contribution < -0.4 is 16.4 Å². The Bertz CT molecular complexity index is 1150. The molecule has 0 bridgehead atoms. The Balaban J connectivity index is 1.53. The molecule has 0 spiro atoms. The van der Waals surface area contributed by atoms with E-state index in [1.165, 1.54) is 12.1 Å². The van der Waals surface area contributed by atoms with Crippen molar-refractivity contribution in [1.82, 2.24) is 19.5 Å². The van der Waals surface area contributed by atoms with Crippen molar-refractivity contribution in [3.05, 3.63) is 36.0 Å². The summed E-state index contributed by atoms with van der Waals surface area (Å²) >= 11 is 0. The number of nitrogens with zero attached hydrogens (tertiary/aromatic N) is 4. The quantitative estimate of drug-likeness (QED) is 0.486. The van der Waals surface area contributed by atoms with Gasteiger partial charge >= 0.3 is 0 Å². The lowest BCUT2D eigenvalue weighted by Crippen LogP contribution is -2.41. The van der Waals surface area contributed by atoms with Crippen molar-refractivity contribution in [1.29, 1.82) is 0 Å². The molecule has 8 nitrogen and oxygen atoms in total. The zero-order valence-corrected chi connectivity index (χ0v) is 19.4. The molecular formula is C24H31F2N7O. The van der Waals surface area contributed by atoms with Crippen LogP contribution in [-0.4, -0.2) is 44.8 Å². The van der Waals surface area contributed by atoms with E-state index in [0.29, 0.717) is 48.7 Å². The molecule has 2 aromatic heterocycles. The van der Waals surface area contributed by atoms with E-state index in [-0.39, 0.29) is 17.3 Å². The largest absolute Gasteiger partial charge is 0.381 e. The van der Waals surface area contributed by atoms with Gasteiger partial charge in [0.1, 0.15) is 5.52 Å². The molecule has 1 aromatic carbocycles. The second-order valence-electron chi connectivity index (χ2n) is 9.64. The minimum atomic E-state index is -0.936. The number of halogens is 2. The Morgan fingerprint density at radius 1 is 1.15 bits per heavy atom. The predicted molar refractivity (Wildman–Crippen MR) is 127 cm³/mol. The standard InChI is InChI=1S/C24H31F2N7O/c1-24(9-11-34-12-10-24)32-22-28-14-19-21(31-22)33(16-7-5-15(13-27)6-8-16)23(30-19)29-18-4-2-3-17(25)20(18)26/h2-4,14-16H,5-13,27H2,1H3,(H,29,30)(H,28,31,32)/t15-,16+. The van der Waals surface area contributed by atoms with Gasteiger partial charge < -0.3 is 21.1 Å². The van der Waals surface area contributed by atoms with Gasteiger partial charge in [-0.25, -0.2) is 18.7 Å². The number of aromatic nitrogens is 4. The topological polar surface area (TPSA) is 103 Å². The van der Waals surface area contributed by atoms with E-state index in [1.54, 1.807) is 6.20 Å². The average Bonchev–Trinajstić information content (AvgIpc) is 3.19. The molecule has 2 aliphatic rings. The normalized spacial score (nSPS) is 22.6. The summed E-state index contributed by atoms with van der Waals surface area (Å²) in [6.07, 6.45) is 7.24. The third-order valence-electron chi connectivity index (χ3n) is 7.16. The zero-order valence-electron chi connectivity index (χ0n) is 19.4. The highest BCUT2D eigenvalue weighted by atomic mass is 19.2. The maximum atomic E-state index is 14.4. The lowest BCUT2D eigenvalue weighted by Gasteiger charge is -2.34. The molecule has 1 aliphatic carbocycles. The van der Waals surface area contributed by atoms with Crippen molar-refractivity contribution >= 4 is 28.7 Å². The minimum absolute atomic E-state index is 0.0354. The number of benzene rings is 1. The number of hydrogen-bond donors (Lipinski definition) is 3. The van der Waals surface area contributed by atoms with Gasteiger partial charge in [-0.1, -0.05) is 6.07 Å². The highest BCUT2D eigenvalue weighted by molar-refractivity contribution is 5.76. The summed E-state index contributed by atoms with van der Waals surface area (Å²) in [6.45, 7) is 4.21. The molecule has 3 heterocycles. The summed E-state index contributed by atoms with van der Waals surface area (Å²) in [5.74, 6) is -0.388. The number of hydrogen-bond acceptors (Lipinski definition) is 7. The van der Waals surface area contributed by atoms with Gasteiger partial charge in [-0.05, 0) is 70.0 Å². The van der Waals surface area contributed by atoms with Crippen molar-refractivity contribution in [3.63, 3.8) is 0 Å². The Hall–Kier alpha value is -2.85. The molecule has 10 heteroatoms. The van der Waals surface area contributed by atoms with Crippen LogP contribution in [0.3, 0.4) is 0 Å². The minimum Gasteiger partial charge on any atom is -0.381 e. The van der Waals surface area contributed by atoms with E-state index in [0.717, 1.165) is 44.6 Å². The van der Waals surface area contributed by atoms with Crippen LogP contribution in [-0.2, 0) is 4.74 Å². The van der Waals surface area contributed by atoms with Gasteiger partial charge in [-0.2, -0.15) is 4.98 Å². The Labute approximate surface area is 197 Å². The number of fused-ring (bicyclic) bond motifs is 1. The fourth-order valence-corrected chi connectivity index (χ4v) is 4.96. The van der Waals surface area contributed by atoms with Crippen LogP contribution in [0.5, 0.6) is 0 Å². The first-order valence-electron chi connectivity index (χ1n) is 12.0. The Kier molecular flexibility index (Phi) is 6.35.